The number of carbonyl (C=O) groups is 1. The second-order valence-corrected chi connectivity index (χ2v) is 10.1. The maximum Gasteiger partial charge on any atom is 0.270 e. The number of benzene rings is 2. The number of hydrogen-bond acceptors (Lipinski definition) is 7. The molecule has 0 unspecified atom stereocenters. The van der Waals surface area contributed by atoms with Crippen LogP contribution in [0.4, 0.5) is 5.13 Å². The maximum absolute atomic E-state index is 12.9. The first-order valence-corrected chi connectivity index (χ1v) is 12.1. The highest BCUT2D eigenvalue weighted by atomic mass is 32.2. The molecule has 0 fully saturated rings. The summed E-state index contributed by atoms with van der Waals surface area (Å²) < 4.78 is 33.7. The average Bonchev–Trinajstić information content (AvgIpc) is 3.23. The van der Waals surface area contributed by atoms with E-state index in [2.05, 4.69) is 20.2 Å². The number of hydrogen-bond donors (Lipinski definition) is 2. The molecule has 31 heavy (non-hydrogen) atoms. The van der Waals surface area contributed by atoms with Crippen molar-refractivity contribution in [3.63, 3.8) is 0 Å². The van der Waals surface area contributed by atoms with Gasteiger partial charge < -0.3 is 4.74 Å². The van der Waals surface area contributed by atoms with Crippen molar-refractivity contribution in [2.24, 2.45) is 0 Å². The van der Waals surface area contributed by atoms with Crippen molar-refractivity contribution >= 4 is 32.4 Å². The minimum absolute atomic E-state index is 0.127. The van der Waals surface area contributed by atoms with Gasteiger partial charge >= 0.3 is 0 Å². The molecule has 1 heterocycles. The molecule has 1 atom stereocenters. The molecule has 0 spiro atoms. The van der Waals surface area contributed by atoms with E-state index in [1.54, 1.807) is 19.2 Å². The van der Waals surface area contributed by atoms with Crippen LogP contribution in [0, 0.1) is 6.92 Å². The Bertz CT molecular complexity index is 1220. The number of nitrogens with zero attached hydrogens (tertiary/aromatic N) is 2. The van der Waals surface area contributed by atoms with Crippen molar-refractivity contribution in [3.8, 4) is 5.75 Å². The van der Waals surface area contributed by atoms with Gasteiger partial charge in [0, 0.05) is 11.6 Å². The second-order valence-electron chi connectivity index (χ2n) is 7.27. The molecular formula is C21H22N4O4S2. The van der Waals surface area contributed by atoms with Gasteiger partial charge in [0.2, 0.25) is 9.47 Å². The molecule has 162 valence electrons. The van der Waals surface area contributed by atoms with E-state index in [4.69, 9.17) is 4.74 Å². The zero-order valence-electron chi connectivity index (χ0n) is 17.1. The van der Waals surface area contributed by atoms with Crippen LogP contribution in [0.5, 0.6) is 5.75 Å². The van der Waals surface area contributed by atoms with Gasteiger partial charge in [-0.1, -0.05) is 35.6 Å². The summed E-state index contributed by atoms with van der Waals surface area (Å²) in [4.78, 5) is 12.5. The van der Waals surface area contributed by atoms with Gasteiger partial charge in [0.25, 0.3) is 15.9 Å². The lowest BCUT2D eigenvalue weighted by Crippen LogP contribution is -2.31. The van der Waals surface area contributed by atoms with Crippen molar-refractivity contribution in [1.29, 1.82) is 0 Å². The highest BCUT2D eigenvalue weighted by Gasteiger charge is 2.29. The number of aromatic nitrogens is 2. The van der Waals surface area contributed by atoms with Crippen LogP contribution in [-0.4, -0.2) is 31.6 Å². The molecule has 1 aromatic heterocycles. The van der Waals surface area contributed by atoms with Crippen LogP contribution in [-0.2, 0) is 16.4 Å². The molecule has 0 radical (unpaired) electrons. The molecule has 0 saturated heterocycles. The van der Waals surface area contributed by atoms with Crippen LogP contribution in [0.1, 0.15) is 45.9 Å². The molecule has 4 rings (SSSR count). The molecule has 8 nitrogen and oxygen atoms in total. The molecule has 1 aliphatic rings. The van der Waals surface area contributed by atoms with E-state index in [1.807, 2.05) is 37.3 Å². The summed E-state index contributed by atoms with van der Waals surface area (Å²) in [5.41, 5.74) is 3.32. The molecule has 2 aromatic carbocycles. The molecule has 0 saturated carbocycles. The fourth-order valence-corrected chi connectivity index (χ4v) is 5.80. The number of methoxy groups -OCH3 is 1. The first-order valence-electron chi connectivity index (χ1n) is 9.77. The summed E-state index contributed by atoms with van der Waals surface area (Å²) in [7, 11) is -2.29. The van der Waals surface area contributed by atoms with Gasteiger partial charge in [0.1, 0.15) is 5.75 Å². The quantitative estimate of drug-likeness (QED) is 0.548. The Morgan fingerprint density at radius 2 is 2.00 bits per heavy atom. The molecule has 1 aliphatic carbocycles. The fraction of sp³-hybridized carbons (Fsp3) is 0.286. The number of aryl methyl sites for hydroxylation is 2. The van der Waals surface area contributed by atoms with Crippen molar-refractivity contribution in [2.45, 2.75) is 36.6 Å². The van der Waals surface area contributed by atoms with E-state index in [1.165, 1.54) is 0 Å². The number of carbonyl (C=O) groups excluding carboxylic acids is 1. The molecule has 0 aliphatic heterocycles. The summed E-state index contributed by atoms with van der Waals surface area (Å²) in [6.07, 6.45) is 2.42. The van der Waals surface area contributed by atoms with E-state index >= 15 is 0 Å². The Kier molecular flexibility index (Phi) is 6.03. The van der Waals surface area contributed by atoms with E-state index in [-0.39, 0.29) is 21.4 Å². The predicted octanol–water partition coefficient (Wildman–Crippen LogP) is 3.46. The number of sulfonamides is 1. The Labute approximate surface area is 184 Å². The van der Waals surface area contributed by atoms with E-state index < -0.39 is 10.0 Å². The third-order valence-electron chi connectivity index (χ3n) is 5.21. The summed E-state index contributed by atoms with van der Waals surface area (Å²) >= 11 is 0.820. The predicted molar refractivity (Wildman–Crippen MR) is 118 cm³/mol. The van der Waals surface area contributed by atoms with Gasteiger partial charge in [-0.15, -0.1) is 10.2 Å². The lowest BCUT2D eigenvalue weighted by molar-refractivity contribution is 0.102. The number of ether oxygens (including phenoxy) is 1. The van der Waals surface area contributed by atoms with Crippen LogP contribution < -0.4 is 14.8 Å². The number of amides is 1. The zero-order valence-corrected chi connectivity index (χ0v) is 18.7. The average molecular weight is 459 g/mol. The third-order valence-corrected chi connectivity index (χ3v) is 7.89. The van der Waals surface area contributed by atoms with Crippen molar-refractivity contribution < 1.29 is 17.9 Å². The van der Waals surface area contributed by atoms with E-state index in [0.717, 1.165) is 46.6 Å². The minimum Gasteiger partial charge on any atom is -0.497 e. The largest absolute Gasteiger partial charge is 0.497 e. The Morgan fingerprint density at radius 3 is 2.77 bits per heavy atom. The Morgan fingerprint density at radius 1 is 1.19 bits per heavy atom. The van der Waals surface area contributed by atoms with Gasteiger partial charge in [0.05, 0.1) is 7.11 Å². The molecule has 10 heteroatoms. The van der Waals surface area contributed by atoms with Gasteiger partial charge in [-0.05, 0) is 61.1 Å². The fourth-order valence-electron chi connectivity index (χ4n) is 3.64. The van der Waals surface area contributed by atoms with Crippen LogP contribution in [0.25, 0.3) is 0 Å². The number of rotatable bonds is 6. The summed E-state index contributed by atoms with van der Waals surface area (Å²) in [5.74, 6) is 0.390. The summed E-state index contributed by atoms with van der Waals surface area (Å²) in [6, 6.07) is 12.4. The molecule has 0 bridgehead atoms. The van der Waals surface area contributed by atoms with Crippen molar-refractivity contribution in [3.05, 3.63) is 64.7 Å². The van der Waals surface area contributed by atoms with Gasteiger partial charge in [-0.2, -0.15) is 0 Å². The smallest absolute Gasteiger partial charge is 0.270 e. The third kappa shape index (κ3) is 4.60. The Hall–Kier alpha value is -2.82. The molecule has 3 aromatic rings. The minimum atomic E-state index is -3.89. The Balaban J connectivity index is 1.50. The highest BCUT2D eigenvalue weighted by Crippen LogP contribution is 2.33. The molecule has 2 N–H and O–H groups in total. The van der Waals surface area contributed by atoms with E-state index in [9.17, 15) is 13.2 Å². The lowest BCUT2D eigenvalue weighted by atomic mass is 9.88. The van der Waals surface area contributed by atoms with Gasteiger partial charge in [0.15, 0.2) is 0 Å². The number of nitrogens with one attached hydrogen (secondary N) is 2. The second kappa shape index (κ2) is 8.74. The van der Waals surface area contributed by atoms with Crippen LogP contribution in [0.15, 0.2) is 46.8 Å². The normalized spacial score (nSPS) is 15.9. The SMILES string of the molecule is COc1ccc2c(c1)CCC[C@H]2NS(=O)(=O)c1nnc(NC(=O)c2ccccc2C)s1. The first kappa shape index (κ1) is 21.4. The van der Waals surface area contributed by atoms with Crippen molar-refractivity contribution in [2.75, 3.05) is 12.4 Å². The summed E-state index contributed by atoms with van der Waals surface area (Å²) in [6.45, 7) is 1.83. The zero-order chi connectivity index (χ0) is 22.0. The van der Waals surface area contributed by atoms with Crippen LogP contribution in [0.3, 0.4) is 0 Å². The van der Waals surface area contributed by atoms with Gasteiger partial charge in [-0.25, -0.2) is 13.1 Å². The van der Waals surface area contributed by atoms with Crippen LogP contribution in [0.2, 0.25) is 0 Å². The molecular weight excluding hydrogens is 436 g/mol. The number of anilines is 1. The van der Waals surface area contributed by atoms with Crippen LogP contribution >= 0.6 is 11.3 Å². The maximum atomic E-state index is 12.9. The molecule has 1 amide bonds. The van der Waals surface area contributed by atoms with Crippen molar-refractivity contribution in [1.82, 2.24) is 14.9 Å². The highest BCUT2D eigenvalue weighted by molar-refractivity contribution is 7.91. The topological polar surface area (TPSA) is 110 Å². The number of fused-ring (bicyclic) bond motifs is 1. The standard InChI is InChI=1S/C21H22N4O4S2/c1-13-6-3-4-8-16(13)19(26)22-20-23-24-21(30-20)31(27,28)25-18-9-5-7-14-12-15(29-2)10-11-17(14)18/h3-4,6,8,10-12,18,25H,5,7,9H2,1-2H3,(H,22,23,26)/t18-/m1/s1. The first-order chi connectivity index (χ1) is 14.9. The van der Waals surface area contributed by atoms with Gasteiger partial charge in [-0.3, -0.25) is 10.1 Å². The van der Waals surface area contributed by atoms with E-state index in [0.29, 0.717) is 12.0 Å². The summed E-state index contributed by atoms with van der Waals surface area (Å²) in [5, 5.41) is 10.4. The monoisotopic (exact) mass is 458 g/mol. The lowest BCUT2D eigenvalue weighted by Gasteiger charge is -2.26.